The SMILES string of the molecule is CCCCc1ccc(OCCCc2nc(C3=CC=CCC=C3)cs2)cc1CCC(=O)O. The third-order valence-corrected chi connectivity index (χ3v) is 6.13. The summed E-state index contributed by atoms with van der Waals surface area (Å²) in [4.78, 5) is 15.8. The summed E-state index contributed by atoms with van der Waals surface area (Å²) in [6.07, 6.45) is 17.3. The van der Waals surface area contributed by atoms with Gasteiger partial charge in [0, 0.05) is 23.8 Å². The van der Waals surface area contributed by atoms with Crippen LogP contribution in [0.5, 0.6) is 5.75 Å². The van der Waals surface area contributed by atoms with E-state index in [1.165, 1.54) is 5.56 Å². The number of rotatable bonds is 12. The highest BCUT2D eigenvalue weighted by atomic mass is 32.1. The van der Waals surface area contributed by atoms with Crippen LogP contribution in [0.25, 0.3) is 5.57 Å². The Morgan fingerprint density at radius 3 is 2.90 bits per heavy atom. The van der Waals surface area contributed by atoms with Gasteiger partial charge in [0.15, 0.2) is 0 Å². The number of aromatic nitrogens is 1. The van der Waals surface area contributed by atoms with E-state index in [0.717, 1.165) is 66.1 Å². The highest BCUT2D eigenvalue weighted by Crippen LogP contribution is 2.23. The van der Waals surface area contributed by atoms with Gasteiger partial charge in [-0.3, -0.25) is 4.79 Å². The fourth-order valence-corrected chi connectivity index (χ4v) is 4.35. The van der Waals surface area contributed by atoms with Gasteiger partial charge in [0.2, 0.25) is 0 Å². The predicted octanol–water partition coefficient (Wildman–Crippen LogP) is 6.41. The number of unbranched alkanes of at least 4 members (excludes halogenated alkanes) is 1. The molecule has 1 aromatic heterocycles. The van der Waals surface area contributed by atoms with Gasteiger partial charge in [-0.2, -0.15) is 0 Å². The minimum Gasteiger partial charge on any atom is -0.494 e. The van der Waals surface area contributed by atoms with Crippen LogP contribution in [0.3, 0.4) is 0 Å². The van der Waals surface area contributed by atoms with Gasteiger partial charge in [0.05, 0.1) is 17.3 Å². The first-order valence-electron chi connectivity index (χ1n) is 11.1. The Bertz CT molecular complexity index is 955. The molecule has 164 valence electrons. The molecule has 0 fully saturated rings. The molecule has 1 heterocycles. The number of allylic oxidation sites excluding steroid dienone is 6. The fraction of sp³-hybridized carbons (Fsp3) is 0.385. The third-order valence-electron chi connectivity index (χ3n) is 5.22. The van der Waals surface area contributed by atoms with E-state index in [9.17, 15) is 4.79 Å². The summed E-state index contributed by atoms with van der Waals surface area (Å²) in [5.41, 5.74) is 4.53. The van der Waals surface area contributed by atoms with Gasteiger partial charge in [-0.15, -0.1) is 11.3 Å². The lowest BCUT2D eigenvalue weighted by molar-refractivity contribution is -0.136. The summed E-state index contributed by atoms with van der Waals surface area (Å²) in [6, 6.07) is 6.13. The van der Waals surface area contributed by atoms with Crippen LogP contribution in [0.1, 0.15) is 60.9 Å². The number of benzene rings is 1. The minimum atomic E-state index is -0.762. The molecule has 31 heavy (non-hydrogen) atoms. The van der Waals surface area contributed by atoms with Gasteiger partial charge in [0.25, 0.3) is 0 Å². The molecule has 0 unspecified atom stereocenters. The molecular weight excluding hydrogens is 406 g/mol. The van der Waals surface area contributed by atoms with Gasteiger partial charge in [0.1, 0.15) is 5.75 Å². The number of hydrogen-bond donors (Lipinski definition) is 1. The zero-order chi connectivity index (χ0) is 21.9. The molecule has 2 aromatic rings. The van der Waals surface area contributed by atoms with Crippen molar-refractivity contribution < 1.29 is 14.6 Å². The molecule has 5 heteroatoms. The zero-order valence-electron chi connectivity index (χ0n) is 18.2. The number of aryl methyl sites for hydroxylation is 3. The van der Waals surface area contributed by atoms with Crippen molar-refractivity contribution >= 4 is 22.9 Å². The van der Waals surface area contributed by atoms with Gasteiger partial charge >= 0.3 is 5.97 Å². The van der Waals surface area contributed by atoms with E-state index >= 15 is 0 Å². The number of carboxylic acid groups (broad SMARTS) is 1. The van der Waals surface area contributed by atoms with Crippen LogP contribution >= 0.6 is 11.3 Å². The topological polar surface area (TPSA) is 59.4 Å². The van der Waals surface area contributed by atoms with Crippen LogP contribution < -0.4 is 4.74 Å². The molecule has 0 amide bonds. The molecule has 1 N–H and O–H groups in total. The lowest BCUT2D eigenvalue weighted by atomic mass is 9.98. The number of ether oxygens (including phenoxy) is 1. The van der Waals surface area contributed by atoms with Crippen molar-refractivity contribution in [3.8, 4) is 5.75 Å². The second-order valence-corrected chi connectivity index (χ2v) is 8.64. The van der Waals surface area contributed by atoms with Crippen LogP contribution in [0, 0.1) is 0 Å². The van der Waals surface area contributed by atoms with Crippen LogP contribution in [0.2, 0.25) is 0 Å². The molecule has 0 spiro atoms. The first-order valence-corrected chi connectivity index (χ1v) is 12.0. The number of hydrogen-bond acceptors (Lipinski definition) is 4. The van der Waals surface area contributed by atoms with Crippen molar-refractivity contribution in [2.45, 2.75) is 58.3 Å². The lowest BCUT2D eigenvalue weighted by Crippen LogP contribution is -2.03. The summed E-state index contributed by atoms with van der Waals surface area (Å²) in [5, 5.41) is 12.3. The Kier molecular flexibility index (Phi) is 9.10. The number of carbonyl (C=O) groups is 1. The first kappa shape index (κ1) is 23.0. The Morgan fingerprint density at radius 1 is 1.16 bits per heavy atom. The second-order valence-electron chi connectivity index (χ2n) is 7.69. The number of aliphatic carboxylic acids is 1. The molecule has 0 atom stereocenters. The molecule has 1 aliphatic carbocycles. The molecule has 3 rings (SSSR count). The number of carboxylic acids is 1. The van der Waals surface area contributed by atoms with Crippen molar-refractivity contribution in [2.24, 2.45) is 0 Å². The number of nitrogens with zero attached hydrogens (tertiary/aromatic N) is 1. The van der Waals surface area contributed by atoms with Crippen LogP contribution in [0.4, 0.5) is 0 Å². The van der Waals surface area contributed by atoms with E-state index in [0.29, 0.717) is 13.0 Å². The van der Waals surface area contributed by atoms with Crippen LogP contribution in [-0.4, -0.2) is 22.7 Å². The summed E-state index contributed by atoms with van der Waals surface area (Å²) in [6.45, 7) is 2.79. The van der Waals surface area contributed by atoms with E-state index in [2.05, 4.69) is 48.8 Å². The average Bonchev–Trinajstić information content (AvgIpc) is 3.07. The zero-order valence-corrected chi connectivity index (χ0v) is 19.0. The number of thiazole rings is 1. The fourth-order valence-electron chi connectivity index (χ4n) is 3.50. The highest BCUT2D eigenvalue weighted by molar-refractivity contribution is 7.09. The summed E-state index contributed by atoms with van der Waals surface area (Å²) in [5.74, 6) is 0.0581. The Morgan fingerprint density at radius 2 is 2.06 bits per heavy atom. The Labute approximate surface area is 189 Å². The normalized spacial score (nSPS) is 13.1. The maximum Gasteiger partial charge on any atom is 0.303 e. The van der Waals surface area contributed by atoms with Crippen molar-refractivity contribution in [3.05, 3.63) is 75.8 Å². The van der Waals surface area contributed by atoms with E-state index in [1.54, 1.807) is 11.3 Å². The monoisotopic (exact) mass is 437 g/mol. The van der Waals surface area contributed by atoms with Gasteiger partial charge in [-0.05, 0) is 55.4 Å². The van der Waals surface area contributed by atoms with Crippen molar-refractivity contribution in [3.63, 3.8) is 0 Å². The van der Waals surface area contributed by atoms with Crippen molar-refractivity contribution in [2.75, 3.05) is 6.61 Å². The van der Waals surface area contributed by atoms with Gasteiger partial charge in [-0.25, -0.2) is 4.98 Å². The quantitative estimate of drug-likeness (QED) is 0.390. The molecule has 1 aromatic carbocycles. The predicted molar refractivity (Wildman–Crippen MR) is 128 cm³/mol. The minimum absolute atomic E-state index is 0.149. The molecule has 4 nitrogen and oxygen atoms in total. The molecule has 0 saturated carbocycles. The van der Waals surface area contributed by atoms with Gasteiger partial charge < -0.3 is 9.84 Å². The van der Waals surface area contributed by atoms with Crippen LogP contribution in [0.15, 0.2) is 54.0 Å². The summed E-state index contributed by atoms with van der Waals surface area (Å²) in [7, 11) is 0. The maximum absolute atomic E-state index is 11.0. The van der Waals surface area contributed by atoms with E-state index in [1.807, 2.05) is 12.1 Å². The summed E-state index contributed by atoms with van der Waals surface area (Å²) < 4.78 is 5.97. The van der Waals surface area contributed by atoms with Crippen molar-refractivity contribution in [1.29, 1.82) is 0 Å². The standard InChI is InChI=1S/C26H31NO3S/c1-2-3-9-20-13-15-23(18-22(20)14-16-26(28)29)30-17-8-12-25-27-24(19-31-25)21-10-6-4-5-7-11-21/h4,6-7,10-11,13,15,18-19H,2-3,5,8-9,12,14,16-17H2,1H3,(H,28,29). The molecule has 0 radical (unpaired) electrons. The summed E-state index contributed by atoms with van der Waals surface area (Å²) >= 11 is 1.70. The smallest absolute Gasteiger partial charge is 0.303 e. The Hall–Kier alpha value is -2.66. The third kappa shape index (κ3) is 7.51. The molecule has 1 aliphatic rings. The average molecular weight is 438 g/mol. The maximum atomic E-state index is 11.0. The molecule has 0 bridgehead atoms. The molecular formula is C26H31NO3S. The van der Waals surface area contributed by atoms with E-state index in [4.69, 9.17) is 14.8 Å². The second kappa shape index (κ2) is 12.3. The molecule has 0 saturated heterocycles. The van der Waals surface area contributed by atoms with Gasteiger partial charge in [-0.1, -0.05) is 49.8 Å². The largest absolute Gasteiger partial charge is 0.494 e. The van der Waals surface area contributed by atoms with E-state index < -0.39 is 5.97 Å². The highest BCUT2D eigenvalue weighted by Gasteiger charge is 2.09. The first-order chi connectivity index (χ1) is 15.2. The lowest BCUT2D eigenvalue weighted by Gasteiger charge is -2.12. The Balaban J connectivity index is 1.52. The van der Waals surface area contributed by atoms with Crippen molar-refractivity contribution in [1.82, 2.24) is 4.98 Å². The van der Waals surface area contributed by atoms with Crippen LogP contribution in [-0.2, 0) is 24.1 Å². The molecule has 0 aliphatic heterocycles. The van der Waals surface area contributed by atoms with E-state index in [-0.39, 0.29) is 6.42 Å².